The van der Waals surface area contributed by atoms with Crippen LogP contribution in [0.5, 0.6) is 0 Å². The first-order valence-corrected chi connectivity index (χ1v) is 4.77. The molecule has 1 aliphatic carbocycles. The van der Waals surface area contributed by atoms with Gasteiger partial charge >= 0.3 is 87.5 Å². The van der Waals surface area contributed by atoms with Gasteiger partial charge in [-0.3, -0.25) is 0 Å². The summed E-state index contributed by atoms with van der Waals surface area (Å²) in [6.07, 6.45) is 5.19. The van der Waals surface area contributed by atoms with Gasteiger partial charge < -0.3 is 0 Å². The Morgan fingerprint density at radius 2 is 2.53 bits per heavy atom. The third-order valence-electron chi connectivity index (χ3n) is 2.32. The van der Waals surface area contributed by atoms with Crippen LogP contribution >= 0.6 is 0 Å². The van der Waals surface area contributed by atoms with Crippen LogP contribution in [0, 0.1) is 0 Å². The second kappa shape index (κ2) is 4.42. The molecule has 0 aromatic heterocycles. The van der Waals surface area contributed by atoms with Gasteiger partial charge in [-0.05, 0) is 0 Å². The number of ether oxygens (including phenoxy) is 1. The minimum atomic E-state index is -0.300. The molecule has 1 amide bonds. The Bertz CT molecular complexity index is 362. The zero-order chi connectivity index (χ0) is 10.7. The van der Waals surface area contributed by atoms with E-state index in [1.54, 1.807) is 12.2 Å². The van der Waals surface area contributed by atoms with Crippen molar-refractivity contribution in [2.75, 3.05) is 13.2 Å². The molecule has 1 heterocycles. The van der Waals surface area contributed by atoms with E-state index < -0.39 is 0 Å². The summed E-state index contributed by atoms with van der Waals surface area (Å²) in [5, 5.41) is 3.11. The molecular weight excluding hydrogens is 193 g/mol. The van der Waals surface area contributed by atoms with Crippen LogP contribution in [0.25, 0.3) is 0 Å². The molecule has 0 bridgehead atoms. The van der Waals surface area contributed by atoms with E-state index >= 15 is 0 Å². The summed E-state index contributed by atoms with van der Waals surface area (Å²) in [5.74, 6) is 4.76. The number of fused-ring (bicyclic) bond motifs is 1. The van der Waals surface area contributed by atoms with E-state index in [0.29, 0.717) is 12.2 Å². The van der Waals surface area contributed by atoms with Gasteiger partial charge in [-0.25, -0.2) is 0 Å². The van der Waals surface area contributed by atoms with Crippen molar-refractivity contribution in [3.05, 3.63) is 23.8 Å². The number of hydrazine groups is 1. The third-order valence-corrected chi connectivity index (χ3v) is 2.32. The maximum atomic E-state index is 11.3. The Balaban J connectivity index is 2.20. The molecule has 1 unspecified atom stereocenters. The molecule has 1 aliphatic heterocycles. The van der Waals surface area contributed by atoms with Crippen LogP contribution in [0.4, 0.5) is 0 Å². The van der Waals surface area contributed by atoms with E-state index in [1.165, 1.54) is 0 Å². The molecule has 4 N–H and O–H groups in total. The van der Waals surface area contributed by atoms with Crippen molar-refractivity contribution >= 4 is 18.4 Å². The average molecular weight is 205 g/mol. The zero-order valence-corrected chi connectivity index (χ0v) is 8.19. The number of carbonyl (C=O) groups is 1. The Morgan fingerprint density at radius 3 is 3.33 bits per heavy atom. The second-order valence-electron chi connectivity index (χ2n) is 3.32. The summed E-state index contributed by atoms with van der Waals surface area (Å²) in [5.41, 5.74) is 3.64. The molecule has 6 heteroatoms. The standard InChI is InChI=1S/C9H12BN3O2/c11-13-9(14)6-1-2-7-8(5-6)15-4-3-12-10-7/h1-2,5,8,12H,3-4,11H2,(H,13,14). The molecule has 1 atom stereocenters. The SMILES string of the molecule is NNC(=O)C1=CC2OCCNB=C2C=C1. The molecule has 0 saturated heterocycles. The first-order chi connectivity index (χ1) is 7.31. The van der Waals surface area contributed by atoms with Crippen molar-refractivity contribution in [3.63, 3.8) is 0 Å². The van der Waals surface area contributed by atoms with Gasteiger partial charge in [-0.15, -0.1) is 0 Å². The molecule has 15 heavy (non-hydrogen) atoms. The van der Waals surface area contributed by atoms with Crippen molar-refractivity contribution < 1.29 is 9.53 Å². The molecule has 0 aromatic carbocycles. The van der Waals surface area contributed by atoms with Crippen LogP contribution in [-0.2, 0) is 9.53 Å². The molecule has 0 fully saturated rings. The Hall–Kier alpha value is -1.40. The van der Waals surface area contributed by atoms with Gasteiger partial charge in [-0.1, -0.05) is 0 Å². The first kappa shape index (κ1) is 10.1. The van der Waals surface area contributed by atoms with Crippen LogP contribution in [0.1, 0.15) is 0 Å². The normalized spacial score (nSPS) is 23.7. The number of rotatable bonds is 1. The molecule has 0 radical (unpaired) electrons. The fourth-order valence-electron chi connectivity index (χ4n) is 1.54. The number of amides is 1. The van der Waals surface area contributed by atoms with E-state index in [-0.39, 0.29) is 12.0 Å². The second-order valence-corrected chi connectivity index (χ2v) is 3.32. The Kier molecular flexibility index (Phi) is 2.98. The number of carbonyl (C=O) groups excluding carboxylic acids is 1. The number of hydrogen-bond acceptors (Lipinski definition) is 4. The fraction of sp³-hybridized carbons (Fsp3) is 0.333. The van der Waals surface area contributed by atoms with Gasteiger partial charge in [0.05, 0.1) is 0 Å². The van der Waals surface area contributed by atoms with E-state index in [9.17, 15) is 4.79 Å². The molecule has 2 aliphatic rings. The molecule has 78 valence electrons. The predicted octanol–water partition coefficient (Wildman–Crippen LogP) is -1.75. The molecule has 0 spiro atoms. The molecule has 0 aromatic rings. The van der Waals surface area contributed by atoms with E-state index in [1.807, 2.05) is 13.1 Å². The van der Waals surface area contributed by atoms with Gasteiger partial charge in [0.15, 0.2) is 0 Å². The molecule has 2 rings (SSSR count). The van der Waals surface area contributed by atoms with Crippen LogP contribution in [0.15, 0.2) is 23.8 Å². The zero-order valence-electron chi connectivity index (χ0n) is 8.19. The van der Waals surface area contributed by atoms with Gasteiger partial charge in [0.1, 0.15) is 0 Å². The van der Waals surface area contributed by atoms with Gasteiger partial charge in [0.2, 0.25) is 0 Å². The Morgan fingerprint density at radius 1 is 1.67 bits per heavy atom. The summed E-state index contributed by atoms with van der Waals surface area (Å²) in [7, 11) is 1.90. The van der Waals surface area contributed by atoms with Crippen molar-refractivity contribution in [2.45, 2.75) is 6.10 Å². The monoisotopic (exact) mass is 205 g/mol. The van der Waals surface area contributed by atoms with Crippen LogP contribution in [0.2, 0.25) is 0 Å². The molecule has 5 nitrogen and oxygen atoms in total. The summed E-state index contributed by atoms with van der Waals surface area (Å²) in [4.78, 5) is 11.3. The topological polar surface area (TPSA) is 76.4 Å². The van der Waals surface area contributed by atoms with Crippen molar-refractivity contribution in [1.29, 1.82) is 0 Å². The van der Waals surface area contributed by atoms with Crippen molar-refractivity contribution in [3.8, 4) is 0 Å². The summed E-state index contributed by atoms with van der Waals surface area (Å²) >= 11 is 0. The third kappa shape index (κ3) is 2.16. The average Bonchev–Trinajstić information content (AvgIpc) is 2.51. The van der Waals surface area contributed by atoms with Gasteiger partial charge in [-0.2, -0.15) is 0 Å². The van der Waals surface area contributed by atoms with Gasteiger partial charge in [0, 0.05) is 0 Å². The molecular formula is C9H12BN3O2. The van der Waals surface area contributed by atoms with Crippen LogP contribution in [-0.4, -0.2) is 37.7 Å². The summed E-state index contributed by atoms with van der Waals surface area (Å²) in [6, 6.07) is 0. The van der Waals surface area contributed by atoms with E-state index in [0.717, 1.165) is 12.0 Å². The number of nitrogens with two attached hydrogens (primary N) is 1. The quantitative estimate of drug-likeness (QED) is 0.205. The van der Waals surface area contributed by atoms with Crippen molar-refractivity contribution in [2.24, 2.45) is 5.84 Å². The summed E-state index contributed by atoms with van der Waals surface area (Å²) in [6.45, 7) is 1.40. The number of nitrogens with one attached hydrogen (secondary N) is 2. The number of hydrogen-bond donors (Lipinski definition) is 3. The molecule has 0 saturated carbocycles. The van der Waals surface area contributed by atoms with E-state index in [2.05, 4.69) is 10.7 Å². The predicted molar refractivity (Wildman–Crippen MR) is 58.1 cm³/mol. The van der Waals surface area contributed by atoms with Crippen LogP contribution in [0.3, 0.4) is 0 Å². The van der Waals surface area contributed by atoms with E-state index in [4.69, 9.17) is 10.6 Å². The van der Waals surface area contributed by atoms with Crippen LogP contribution < -0.4 is 16.5 Å². The minimum absolute atomic E-state index is 0.155. The Labute approximate surface area is 88.3 Å². The van der Waals surface area contributed by atoms with Crippen molar-refractivity contribution in [1.82, 2.24) is 10.7 Å². The van der Waals surface area contributed by atoms with Gasteiger partial charge in [0.25, 0.3) is 0 Å². The first-order valence-electron chi connectivity index (χ1n) is 4.77. The summed E-state index contributed by atoms with van der Waals surface area (Å²) < 4.78 is 5.55. The maximum absolute atomic E-state index is 11.3. The fourth-order valence-corrected chi connectivity index (χ4v) is 1.54.